The van der Waals surface area contributed by atoms with Crippen LogP contribution in [0.25, 0.3) is 0 Å². The second-order valence-electron chi connectivity index (χ2n) is 7.08. The van der Waals surface area contributed by atoms with E-state index >= 15 is 0 Å². The van der Waals surface area contributed by atoms with Gasteiger partial charge in [0, 0.05) is 30.0 Å². The van der Waals surface area contributed by atoms with E-state index in [-0.39, 0.29) is 29.8 Å². The van der Waals surface area contributed by atoms with Crippen LogP contribution in [0.2, 0.25) is 0 Å². The molecule has 24 heavy (non-hydrogen) atoms. The molecule has 0 spiro atoms. The zero-order chi connectivity index (χ0) is 16.7. The van der Waals surface area contributed by atoms with Gasteiger partial charge >= 0.3 is 0 Å². The van der Waals surface area contributed by atoms with Crippen molar-refractivity contribution in [2.45, 2.75) is 50.6 Å². The third-order valence-electron chi connectivity index (χ3n) is 5.61. The van der Waals surface area contributed by atoms with Gasteiger partial charge in [-0.2, -0.15) is 5.10 Å². The number of carbonyl (C=O) groups excluding carboxylic acids is 2. The fourth-order valence-corrected chi connectivity index (χ4v) is 5.05. The fourth-order valence-electron chi connectivity index (χ4n) is 3.89. The van der Waals surface area contributed by atoms with Crippen molar-refractivity contribution in [3.05, 3.63) is 17.5 Å². The van der Waals surface area contributed by atoms with Crippen molar-refractivity contribution in [2.24, 2.45) is 13.0 Å². The zero-order valence-corrected chi connectivity index (χ0v) is 14.8. The number of carbonyl (C=O) groups is 2. The van der Waals surface area contributed by atoms with Crippen LogP contribution < -0.4 is 5.32 Å². The quantitative estimate of drug-likeness (QED) is 0.901. The third kappa shape index (κ3) is 2.72. The Hall–Kier alpha value is -1.50. The monoisotopic (exact) mass is 348 g/mol. The van der Waals surface area contributed by atoms with Crippen LogP contribution in [0.5, 0.6) is 0 Å². The van der Waals surface area contributed by atoms with Crippen molar-refractivity contribution in [1.82, 2.24) is 20.0 Å². The molecule has 1 saturated carbocycles. The summed E-state index contributed by atoms with van der Waals surface area (Å²) in [5.74, 6) is 1.68. The highest BCUT2D eigenvalue weighted by molar-refractivity contribution is 7.99. The number of amides is 2. The molecule has 0 aromatic carbocycles. The number of hydrogen-bond donors (Lipinski definition) is 1. The maximum absolute atomic E-state index is 12.8. The van der Waals surface area contributed by atoms with Gasteiger partial charge in [0.25, 0.3) is 0 Å². The minimum atomic E-state index is -0.315. The topological polar surface area (TPSA) is 67.2 Å². The van der Waals surface area contributed by atoms with E-state index in [1.54, 1.807) is 16.7 Å². The third-order valence-corrected chi connectivity index (χ3v) is 6.63. The highest BCUT2D eigenvalue weighted by Crippen LogP contribution is 2.33. The minimum absolute atomic E-state index is 0.00521. The van der Waals surface area contributed by atoms with E-state index in [0.717, 1.165) is 44.1 Å². The van der Waals surface area contributed by atoms with Crippen LogP contribution in [0.3, 0.4) is 0 Å². The van der Waals surface area contributed by atoms with Crippen molar-refractivity contribution < 1.29 is 9.59 Å². The van der Waals surface area contributed by atoms with Crippen molar-refractivity contribution >= 4 is 23.6 Å². The number of thioether (sulfide) groups is 1. The Balaban J connectivity index is 1.45. The minimum Gasteiger partial charge on any atom is -0.347 e. The summed E-state index contributed by atoms with van der Waals surface area (Å²) in [6.07, 6.45) is 8.00. The molecule has 1 aliphatic heterocycles. The van der Waals surface area contributed by atoms with Gasteiger partial charge in [0.05, 0.1) is 18.1 Å². The number of nitrogens with zero attached hydrogens (tertiary/aromatic N) is 3. The SMILES string of the molecule is Cn1ncc2c1CCC[C@H]2NC(=O)[C@H]1CSCN1C(=O)C1CCC1. The van der Waals surface area contributed by atoms with Crippen LogP contribution in [0.1, 0.15) is 49.4 Å². The molecule has 0 bridgehead atoms. The largest absolute Gasteiger partial charge is 0.347 e. The summed E-state index contributed by atoms with van der Waals surface area (Å²) in [5.41, 5.74) is 2.36. The van der Waals surface area contributed by atoms with Gasteiger partial charge in [-0.05, 0) is 32.1 Å². The maximum atomic E-state index is 12.8. The average Bonchev–Trinajstić information content (AvgIpc) is 3.13. The van der Waals surface area contributed by atoms with E-state index in [0.29, 0.717) is 11.6 Å². The summed E-state index contributed by atoms with van der Waals surface area (Å²) in [5, 5.41) is 7.53. The molecule has 2 aliphatic carbocycles. The van der Waals surface area contributed by atoms with Crippen LogP contribution >= 0.6 is 11.8 Å². The molecule has 2 atom stereocenters. The number of hydrogen-bond acceptors (Lipinski definition) is 4. The van der Waals surface area contributed by atoms with Gasteiger partial charge in [-0.25, -0.2) is 0 Å². The maximum Gasteiger partial charge on any atom is 0.244 e. The van der Waals surface area contributed by atoms with Crippen molar-refractivity contribution in [3.63, 3.8) is 0 Å². The molecule has 2 amide bonds. The molecular formula is C17H24N4O2S. The Morgan fingerprint density at radius 2 is 2.12 bits per heavy atom. The van der Waals surface area contributed by atoms with Crippen molar-refractivity contribution in [3.8, 4) is 0 Å². The van der Waals surface area contributed by atoms with E-state index < -0.39 is 0 Å². The molecule has 130 valence electrons. The van der Waals surface area contributed by atoms with Crippen LogP contribution in [0, 0.1) is 5.92 Å². The normalized spacial score (nSPS) is 26.8. The second-order valence-corrected chi connectivity index (χ2v) is 8.07. The van der Waals surface area contributed by atoms with Gasteiger partial charge in [-0.3, -0.25) is 14.3 Å². The molecule has 2 heterocycles. The Kier molecular flexibility index (Phi) is 4.28. The van der Waals surface area contributed by atoms with Crippen molar-refractivity contribution in [1.29, 1.82) is 0 Å². The van der Waals surface area contributed by atoms with Crippen LogP contribution in [-0.4, -0.2) is 44.2 Å². The molecule has 0 unspecified atom stereocenters. The molecule has 7 heteroatoms. The highest BCUT2D eigenvalue weighted by Gasteiger charge is 2.40. The zero-order valence-electron chi connectivity index (χ0n) is 14.0. The molecule has 2 fully saturated rings. The first-order chi connectivity index (χ1) is 11.6. The van der Waals surface area contributed by atoms with E-state index in [1.165, 1.54) is 5.69 Å². The fraction of sp³-hybridized carbons (Fsp3) is 0.706. The first-order valence-corrected chi connectivity index (χ1v) is 10.00. The number of rotatable bonds is 3. The van der Waals surface area contributed by atoms with E-state index in [2.05, 4.69) is 10.4 Å². The van der Waals surface area contributed by atoms with Gasteiger partial charge in [0.1, 0.15) is 6.04 Å². The summed E-state index contributed by atoms with van der Waals surface area (Å²) in [6.45, 7) is 0. The smallest absolute Gasteiger partial charge is 0.244 e. The highest BCUT2D eigenvalue weighted by atomic mass is 32.2. The summed E-state index contributed by atoms with van der Waals surface area (Å²) in [4.78, 5) is 27.2. The van der Waals surface area contributed by atoms with Crippen LogP contribution in [-0.2, 0) is 23.1 Å². The summed E-state index contributed by atoms with van der Waals surface area (Å²) in [6, 6.07) is -0.286. The Morgan fingerprint density at radius 3 is 2.88 bits per heavy atom. The molecule has 4 rings (SSSR count). The van der Waals surface area contributed by atoms with Gasteiger partial charge < -0.3 is 10.2 Å². The number of fused-ring (bicyclic) bond motifs is 1. The van der Waals surface area contributed by atoms with E-state index in [1.807, 2.05) is 17.9 Å². The molecule has 1 aromatic heterocycles. The lowest BCUT2D eigenvalue weighted by Crippen LogP contribution is -2.50. The van der Waals surface area contributed by atoms with E-state index in [4.69, 9.17) is 0 Å². The number of nitrogens with one attached hydrogen (secondary N) is 1. The first kappa shape index (κ1) is 16.0. The predicted octanol–water partition coefficient (Wildman–Crippen LogP) is 1.62. The summed E-state index contributed by atoms with van der Waals surface area (Å²) in [7, 11) is 1.95. The molecule has 6 nitrogen and oxygen atoms in total. The van der Waals surface area contributed by atoms with E-state index in [9.17, 15) is 9.59 Å². The molecule has 1 aromatic rings. The number of aryl methyl sites for hydroxylation is 1. The first-order valence-electron chi connectivity index (χ1n) is 8.84. The van der Waals surface area contributed by atoms with Gasteiger partial charge in [0.15, 0.2) is 0 Å². The molecule has 3 aliphatic rings. The average molecular weight is 348 g/mol. The van der Waals surface area contributed by atoms with Crippen LogP contribution in [0.4, 0.5) is 0 Å². The summed E-state index contributed by atoms with van der Waals surface area (Å²) < 4.78 is 1.91. The van der Waals surface area contributed by atoms with Crippen LogP contribution in [0.15, 0.2) is 6.20 Å². The Labute approximate surface area is 146 Å². The van der Waals surface area contributed by atoms with Gasteiger partial charge in [0.2, 0.25) is 11.8 Å². The number of aromatic nitrogens is 2. The van der Waals surface area contributed by atoms with Gasteiger partial charge in [-0.1, -0.05) is 6.42 Å². The lowest BCUT2D eigenvalue weighted by atomic mass is 9.84. The standard InChI is InChI=1S/C17H24N4O2S/c1-20-14-7-3-6-13(12(14)8-18-20)19-16(22)15-9-24-10-21(15)17(23)11-4-2-5-11/h8,11,13,15H,2-7,9-10H2,1H3,(H,19,22)/t13-,15-/m1/s1. The Morgan fingerprint density at radius 1 is 1.29 bits per heavy atom. The summed E-state index contributed by atoms with van der Waals surface area (Å²) >= 11 is 1.68. The van der Waals surface area contributed by atoms with Crippen molar-refractivity contribution in [2.75, 3.05) is 11.6 Å². The Bertz CT molecular complexity index is 655. The molecular weight excluding hydrogens is 324 g/mol. The molecule has 0 radical (unpaired) electrons. The predicted molar refractivity (Wildman–Crippen MR) is 92.3 cm³/mol. The lowest BCUT2D eigenvalue weighted by Gasteiger charge is -2.32. The van der Waals surface area contributed by atoms with Gasteiger partial charge in [-0.15, -0.1) is 11.8 Å². The molecule has 1 N–H and O–H groups in total. The lowest BCUT2D eigenvalue weighted by molar-refractivity contribution is -0.143. The second kappa shape index (κ2) is 6.43. The molecule has 1 saturated heterocycles.